The van der Waals surface area contributed by atoms with Gasteiger partial charge in [0.1, 0.15) is 6.04 Å². The molecule has 104 valence electrons. The minimum atomic E-state index is -0.310. The monoisotopic (exact) mass is 300 g/mol. The Bertz CT molecular complexity index is 439. The first kappa shape index (κ1) is 14.5. The molecule has 1 amide bonds. The number of nitrogens with one attached hydrogen (secondary N) is 2. The van der Waals surface area contributed by atoms with Crippen LogP contribution in [0.3, 0.4) is 0 Å². The Morgan fingerprint density at radius 1 is 1.21 bits per heavy atom. The van der Waals surface area contributed by atoms with Crippen molar-refractivity contribution in [3.05, 3.63) is 28.2 Å². The van der Waals surface area contributed by atoms with Crippen molar-refractivity contribution in [3.63, 3.8) is 0 Å². The van der Waals surface area contributed by atoms with Gasteiger partial charge in [-0.2, -0.15) is 0 Å². The number of benzene rings is 1. The molecule has 0 aromatic heterocycles. The van der Waals surface area contributed by atoms with Gasteiger partial charge in [0, 0.05) is 21.8 Å². The Morgan fingerprint density at radius 2 is 1.79 bits per heavy atom. The highest BCUT2D eigenvalue weighted by Gasteiger charge is 2.20. The van der Waals surface area contributed by atoms with E-state index in [4.69, 9.17) is 23.2 Å². The van der Waals surface area contributed by atoms with Gasteiger partial charge >= 0.3 is 0 Å². The smallest absolute Gasteiger partial charge is 0.242 e. The maximum atomic E-state index is 12.0. The number of halogens is 2. The van der Waals surface area contributed by atoms with E-state index in [1.807, 2.05) is 6.92 Å². The van der Waals surface area contributed by atoms with E-state index >= 15 is 0 Å². The summed E-state index contributed by atoms with van der Waals surface area (Å²) in [4.78, 5) is 12.0. The quantitative estimate of drug-likeness (QED) is 0.887. The van der Waals surface area contributed by atoms with Crippen molar-refractivity contribution >= 4 is 34.8 Å². The molecule has 1 saturated carbocycles. The van der Waals surface area contributed by atoms with Crippen LogP contribution in [-0.2, 0) is 4.79 Å². The van der Waals surface area contributed by atoms with E-state index in [0.717, 1.165) is 18.5 Å². The van der Waals surface area contributed by atoms with Crippen LogP contribution in [0.15, 0.2) is 18.2 Å². The summed E-state index contributed by atoms with van der Waals surface area (Å²) in [5, 5.41) is 7.29. The minimum absolute atomic E-state index is 0.0167. The fourth-order valence-corrected chi connectivity index (χ4v) is 2.88. The highest BCUT2D eigenvalue weighted by atomic mass is 35.5. The van der Waals surface area contributed by atoms with Crippen LogP contribution in [0.5, 0.6) is 0 Å². The predicted molar refractivity (Wildman–Crippen MR) is 79.9 cm³/mol. The molecule has 1 unspecified atom stereocenters. The standard InChI is InChI=1S/C14H18Cl2N2O/c1-9(14(19)18-12-4-2-3-5-12)17-13-7-10(15)6-11(16)8-13/h6-9,12,17H,2-5H2,1H3,(H,18,19). The third-order valence-corrected chi connectivity index (χ3v) is 3.78. The maximum absolute atomic E-state index is 12.0. The van der Waals surface area contributed by atoms with E-state index in [-0.39, 0.29) is 11.9 Å². The van der Waals surface area contributed by atoms with Crippen LogP contribution in [0, 0.1) is 0 Å². The van der Waals surface area contributed by atoms with Gasteiger partial charge < -0.3 is 10.6 Å². The summed E-state index contributed by atoms with van der Waals surface area (Å²) in [5.41, 5.74) is 0.756. The van der Waals surface area contributed by atoms with Crippen LogP contribution in [0.4, 0.5) is 5.69 Å². The van der Waals surface area contributed by atoms with E-state index in [1.54, 1.807) is 18.2 Å². The van der Waals surface area contributed by atoms with Gasteiger partial charge in [-0.25, -0.2) is 0 Å². The molecule has 0 saturated heterocycles. The topological polar surface area (TPSA) is 41.1 Å². The van der Waals surface area contributed by atoms with Crippen molar-refractivity contribution < 1.29 is 4.79 Å². The SMILES string of the molecule is CC(Nc1cc(Cl)cc(Cl)c1)C(=O)NC1CCCC1. The maximum Gasteiger partial charge on any atom is 0.242 e. The number of amides is 1. The van der Waals surface area contributed by atoms with Crippen molar-refractivity contribution in [1.82, 2.24) is 5.32 Å². The lowest BCUT2D eigenvalue weighted by Gasteiger charge is -2.18. The van der Waals surface area contributed by atoms with E-state index in [0.29, 0.717) is 16.1 Å². The average Bonchev–Trinajstić information content (AvgIpc) is 2.80. The Kier molecular flexibility index (Phi) is 4.94. The molecule has 0 spiro atoms. The normalized spacial score (nSPS) is 17.2. The first-order valence-electron chi connectivity index (χ1n) is 6.57. The summed E-state index contributed by atoms with van der Waals surface area (Å²) in [5.74, 6) is 0.0167. The largest absolute Gasteiger partial charge is 0.374 e. The fourth-order valence-electron chi connectivity index (χ4n) is 2.35. The van der Waals surface area contributed by atoms with Crippen molar-refractivity contribution in [1.29, 1.82) is 0 Å². The molecule has 1 aromatic carbocycles. The van der Waals surface area contributed by atoms with Gasteiger partial charge in [0.05, 0.1) is 0 Å². The zero-order valence-electron chi connectivity index (χ0n) is 10.9. The van der Waals surface area contributed by atoms with Gasteiger partial charge in [0.2, 0.25) is 5.91 Å². The van der Waals surface area contributed by atoms with Crippen LogP contribution < -0.4 is 10.6 Å². The van der Waals surface area contributed by atoms with Crippen molar-refractivity contribution in [3.8, 4) is 0 Å². The highest BCUT2D eigenvalue weighted by Crippen LogP contribution is 2.23. The Balaban J connectivity index is 1.91. The molecule has 0 aliphatic heterocycles. The summed E-state index contributed by atoms with van der Waals surface area (Å²) in [6.45, 7) is 1.83. The molecular formula is C14H18Cl2N2O. The lowest BCUT2D eigenvalue weighted by Crippen LogP contribution is -2.42. The molecule has 0 heterocycles. The Labute approximate surface area is 123 Å². The van der Waals surface area contributed by atoms with E-state index in [9.17, 15) is 4.79 Å². The molecular weight excluding hydrogens is 283 g/mol. The van der Waals surface area contributed by atoms with Crippen LogP contribution >= 0.6 is 23.2 Å². The number of hydrogen-bond acceptors (Lipinski definition) is 2. The minimum Gasteiger partial charge on any atom is -0.374 e. The van der Waals surface area contributed by atoms with Gasteiger partial charge in [-0.1, -0.05) is 36.0 Å². The second-order valence-electron chi connectivity index (χ2n) is 5.01. The predicted octanol–water partition coefficient (Wildman–Crippen LogP) is 3.85. The van der Waals surface area contributed by atoms with Gasteiger partial charge in [-0.3, -0.25) is 4.79 Å². The number of carbonyl (C=O) groups excluding carboxylic acids is 1. The summed E-state index contributed by atoms with van der Waals surface area (Å²) in [7, 11) is 0. The third-order valence-electron chi connectivity index (χ3n) is 3.34. The number of hydrogen-bond donors (Lipinski definition) is 2. The van der Waals surface area contributed by atoms with E-state index < -0.39 is 0 Å². The summed E-state index contributed by atoms with van der Waals surface area (Å²) in [6.07, 6.45) is 4.58. The Hall–Kier alpha value is -0.930. The molecule has 1 atom stereocenters. The first-order chi connectivity index (χ1) is 9.04. The van der Waals surface area contributed by atoms with Crippen LogP contribution in [0.1, 0.15) is 32.6 Å². The summed E-state index contributed by atoms with van der Waals surface area (Å²) < 4.78 is 0. The zero-order valence-corrected chi connectivity index (χ0v) is 12.4. The van der Waals surface area contributed by atoms with Crippen LogP contribution in [-0.4, -0.2) is 18.0 Å². The molecule has 1 fully saturated rings. The Morgan fingerprint density at radius 3 is 2.37 bits per heavy atom. The fraction of sp³-hybridized carbons (Fsp3) is 0.500. The van der Waals surface area contributed by atoms with E-state index in [2.05, 4.69) is 10.6 Å². The number of anilines is 1. The van der Waals surface area contributed by atoms with Crippen molar-refractivity contribution in [2.75, 3.05) is 5.32 Å². The van der Waals surface area contributed by atoms with Crippen molar-refractivity contribution in [2.45, 2.75) is 44.7 Å². The van der Waals surface area contributed by atoms with Crippen LogP contribution in [0.2, 0.25) is 10.0 Å². The summed E-state index contributed by atoms with van der Waals surface area (Å²) in [6, 6.07) is 5.20. The van der Waals surface area contributed by atoms with Crippen LogP contribution in [0.25, 0.3) is 0 Å². The average molecular weight is 301 g/mol. The summed E-state index contributed by atoms with van der Waals surface area (Å²) >= 11 is 11.9. The molecule has 1 aliphatic rings. The number of rotatable bonds is 4. The third kappa shape index (κ3) is 4.29. The molecule has 0 bridgehead atoms. The van der Waals surface area contributed by atoms with Gasteiger partial charge in [0.15, 0.2) is 0 Å². The second-order valence-corrected chi connectivity index (χ2v) is 5.89. The lowest BCUT2D eigenvalue weighted by molar-refractivity contribution is -0.122. The highest BCUT2D eigenvalue weighted by molar-refractivity contribution is 6.35. The van der Waals surface area contributed by atoms with Gasteiger partial charge in [-0.15, -0.1) is 0 Å². The zero-order chi connectivity index (χ0) is 13.8. The number of carbonyl (C=O) groups is 1. The molecule has 5 heteroatoms. The van der Waals surface area contributed by atoms with Gasteiger partial charge in [0.25, 0.3) is 0 Å². The van der Waals surface area contributed by atoms with E-state index in [1.165, 1.54) is 12.8 Å². The second kappa shape index (κ2) is 6.49. The van der Waals surface area contributed by atoms with Crippen molar-refractivity contribution in [2.24, 2.45) is 0 Å². The molecule has 0 radical (unpaired) electrons. The molecule has 3 nitrogen and oxygen atoms in total. The molecule has 19 heavy (non-hydrogen) atoms. The first-order valence-corrected chi connectivity index (χ1v) is 7.33. The molecule has 1 aromatic rings. The molecule has 2 N–H and O–H groups in total. The lowest BCUT2D eigenvalue weighted by atomic mass is 10.2. The molecule has 1 aliphatic carbocycles. The van der Waals surface area contributed by atoms with Gasteiger partial charge in [-0.05, 0) is 38.0 Å². The molecule has 2 rings (SSSR count).